The maximum Gasteiger partial charge on any atom is 0.0908 e. The normalized spacial score (nSPS) is 18.3. The van der Waals surface area contributed by atoms with Gasteiger partial charge in [0.2, 0.25) is 0 Å². The molecule has 0 N–H and O–H groups in total. The molecule has 1 heterocycles. The van der Waals surface area contributed by atoms with Crippen molar-refractivity contribution in [3.8, 4) is 0 Å². The van der Waals surface area contributed by atoms with Crippen LogP contribution in [0.25, 0.3) is 0 Å². The monoisotopic (exact) mass is 203 g/mol. The van der Waals surface area contributed by atoms with Crippen LogP contribution < -0.4 is 0 Å². The maximum atomic E-state index is 4.27. The van der Waals surface area contributed by atoms with E-state index < -0.39 is 0 Å². The minimum absolute atomic E-state index is 0.799. The van der Waals surface area contributed by atoms with E-state index in [2.05, 4.69) is 26.4 Å². The van der Waals surface area contributed by atoms with Crippen LogP contribution in [0.1, 0.15) is 24.5 Å². The molecule has 0 spiro atoms. The smallest absolute Gasteiger partial charge is 0.0908 e. The summed E-state index contributed by atoms with van der Waals surface area (Å²) in [6.45, 7) is 0. The van der Waals surface area contributed by atoms with Crippen molar-refractivity contribution in [2.24, 2.45) is 0 Å². The van der Waals surface area contributed by atoms with Crippen molar-refractivity contribution in [2.45, 2.75) is 18.8 Å². The topological polar surface area (TPSA) is 12.9 Å². The highest BCUT2D eigenvalue weighted by Crippen LogP contribution is 2.40. The first-order chi connectivity index (χ1) is 4.36. The Balaban J connectivity index is 2.28. The van der Waals surface area contributed by atoms with Crippen LogP contribution in [0.3, 0.4) is 0 Å². The minimum Gasteiger partial charge on any atom is -0.196 e. The lowest BCUT2D eigenvalue weighted by Gasteiger charge is -1.81. The Hall–Kier alpha value is 0.110. The number of aromatic nitrogens is 1. The van der Waals surface area contributed by atoms with Crippen LogP contribution in [-0.4, -0.2) is 4.37 Å². The third-order valence-electron chi connectivity index (χ3n) is 1.50. The summed E-state index contributed by atoms with van der Waals surface area (Å²) >= 11 is 4.92. The first kappa shape index (κ1) is 5.86. The molecule has 1 aliphatic carbocycles. The fourth-order valence-corrected chi connectivity index (χ4v) is 1.86. The summed E-state index contributed by atoms with van der Waals surface area (Å²) in [4.78, 5) is 0. The third kappa shape index (κ3) is 1.17. The summed E-state index contributed by atoms with van der Waals surface area (Å²) in [5.74, 6) is 0.799. The van der Waals surface area contributed by atoms with Crippen LogP contribution in [0.15, 0.2) is 9.85 Å². The van der Waals surface area contributed by atoms with Gasteiger partial charge in [0.15, 0.2) is 0 Å². The van der Waals surface area contributed by atoms with E-state index in [-0.39, 0.29) is 0 Å². The minimum atomic E-state index is 0.799. The second kappa shape index (κ2) is 2.06. The van der Waals surface area contributed by atoms with E-state index in [0.717, 1.165) is 9.70 Å². The van der Waals surface area contributed by atoms with E-state index in [1.54, 1.807) is 0 Å². The molecule has 9 heavy (non-hydrogen) atoms. The van der Waals surface area contributed by atoms with Gasteiger partial charge in [0.05, 0.1) is 9.48 Å². The molecule has 0 amide bonds. The summed E-state index contributed by atoms with van der Waals surface area (Å²) in [5, 5.41) is 0. The van der Waals surface area contributed by atoms with Crippen molar-refractivity contribution in [3.63, 3.8) is 0 Å². The van der Waals surface area contributed by atoms with Crippen LogP contribution >= 0.6 is 27.5 Å². The van der Waals surface area contributed by atoms with Crippen molar-refractivity contribution in [1.82, 2.24) is 4.37 Å². The van der Waals surface area contributed by atoms with Gasteiger partial charge < -0.3 is 0 Å². The molecule has 0 bridgehead atoms. The summed E-state index contributed by atoms with van der Waals surface area (Å²) in [7, 11) is 0. The Labute approximate surface area is 66.4 Å². The highest BCUT2D eigenvalue weighted by Gasteiger charge is 2.25. The van der Waals surface area contributed by atoms with Crippen molar-refractivity contribution in [2.75, 3.05) is 0 Å². The molecule has 0 aliphatic heterocycles. The number of halogens is 1. The summed E-state index contributed by atoms with van der Waals surface area (Å²) < 4.78 is 5.43. The number of nitrogens with zero attached hydrogens (tertiary/aromatic N) is 1. The molecule has 3 heteroatoms. The van der Waals surface area contributed by atoms with Gasteiger partial charge in [0.25, 0.3) is 0 Å². The van der Waals surface area contributed by atoms with Gasteiger partial charge in [0, 0.05) is 5.92 Å². The Morgan fingerprint density at radius 2 is 2.44 bits per heavy atom. The van der Waals surface area contributed by atoms with E-state index in [4.69, 9.17) is 0 Å². The van der Waals surface area contributed by atoms with Gasteiger partial charge in [-0.3, -0.25) is 0 Å². The third-order valence-corrected chi connectivity index (χ3v) is 2.75. The predicted octanol–water partition coefficient (Wildman–Crippen LogP) is 2.78. The Morgan fingerprint density at radius 1 is 1.67 bits per heavy atom. The summed E-state index contributed by atoms with van der Waals surface area (Å²) in [6.07, 6.45) is 2.69. The van der Waals surface area contributed by atoms with Gasteiger partial charge in [-0.05, 0) is 46.4 Å². The summed E-state index contributed by atoms with van der Waals surface area (Å²) in [5.41, 5.74) is 1.28. The lowest BCUT2D eigenvalue weighted by molar-refractivity contribution is 1.07. The number of hydrogen-bond donors (Lipinski definition) is 0. The highest BCUT2D eigenvalue weighted by molar-refractivity contribution is 9.11. The molecular formula is C6H6BrNS. The largest absolute Gasteiger partial charge is 0.196 e. The van der Waals surface area contributed by atoms with Crippen LogP contribution in [-0.2, 0) is 0 Å². The van der Waals surface area contributed by atoms with Crippen molar-refractivity contribution in [3.05, 3.63) is 15.5 Å². The fourth-order valence-electron chi connectivity index (χ4n) is 0.837. The van der Waals surface area contributed by atoms with Gasteiger partial charge in [0.1, 0.15) is 0 Å². The first-order valence-electron chi connectivity index (χ1n) is 2.98. The molecule has 0 aromatic carbocycles. The average Bonchev–Trinajstić information content (AvgIpc) is 2.58. The van der Waals surface area contributed by atoms with Gasteiger partial charge in [-0.25, -0.2) is 0 Å². The molecule has 2 rings (SSSR count). The van der Waals surface area contributed by atoms with Gasteiger partial charge >= 0.3 is 0 Å². The maximum absolute atomic E-state index is 4.27. The van der Waals surface area contributed by atoms with Crippen molar-refractivity contribution >= 4 is 27.5 Å². The van der Waals surface area contributed by atoms with E-state index in [1.165, 1.54) is 30.1 Å². The molecule has 48 valence electrons. The highest BCUT2D eigenvalue weighted by atomic mass is 79.9. The Bertz CT molecular complexity index is 217. The lowest BCUT2D eigenvalue weighted by atomic mass is 10.3. The number of rotatable bonds is 1. The second-order valence-corrected chi connectivity index (χ2v) is 4.51. The molecule has 0 unspecified atom stereocenters. The lowest BCUT2D eigenvalue weighted by Crippen LogP contribution is -1.72. The molecule has 1 aromatic rings. The van der Waals surface area contributed by atoms with Crippen LogP contribution in [0.5, 0.6) is 0 Å². The average molecular weight is 204 g/mol. The molecular weight excluding hydrogens is 198 g/mol. The molecule has 0 saturated heterocycles. The Kier molecular flexibility index (Phi) is 1.34. The van der Waals surface area contributed by atoms with Gasteiger partial charge in [-0.2, -0.15) is 4.37 Å². The van der Waals surface area contributed by atoms with E-state index in [1.807, 2.05) is 0 Å². The van der Waals surface area contributed by atoms with Gasteiger partial charge in [-0.1, -0.05) is 0 Å². The van der Waals surface area contributed by atoms with Crippen LogP contribution in [0, 0.1) is 0 Å². The van der Waals surface area contributed by atoms with E-state index in [0.29, 0.717) is 0 Å². The number of hydrogen-bond acceptors (Lipinski definition) is 2. The molecule has 1 fully saturated rings. The predicted molar refractivity (Wildman–Crippen MR) is 41.8 cm³/mol. The fraction of sp³-hybridized carbons (Fsp3) is 0.500. The molecule has 1 aromatic heterocycles. The Morgan fingerprint density at radius 3 is 2.89 bits per heavy atom. The zero-order valence-corrected chi connectivity index (χ0v) is 7.20. The molecule has 0 radical (unpaired) electrons. The van der Waals surface area contributed by atoms with E-state index >= 15 is 0 Å². The quantitative estimate of drug-likeness (QED) is 0.685. The molecule has 1 aliphatic rings. The SMILES string of the molecule is Brc1cc(C2CC2)ns1. The van der Waals surface area contributed by atoms with Crippen molar-refractivity contribution in [1.29, 1.82) is 0 Å². The zero-order valence-electron chi connectivity index (χ0n) is 4.80. The van der Waals surface area contributed by atoms with Gasteiger partial charge in [-0.15, -0.1) is 0 Å². The van der Waals surface area contributed by atoms with Crippen LogP contribution in [0.4, 0.5) is 0 Å². The van der Waals surface area contributed by atoms with Crippen LogP contribution in [0.2, 0.25) is 0 Å². The standard InChI is InChI=1S/C6H6BrNS/c7-6-3-5(8-9-6)4-1-2-4/h3-4H,1-2H2. The first-order valence-corrected chi connectivity index (χ1v) is 4.55. The summed E-state index contributed by atoms with van der Waals surface area (Å²) in [6, 6.07) is 2.13. The second-order valence-electron chi connectivity index (χ2n) is 2.33. The molecule has 1 nitrogen and oxygen atoms in total. The molecule has 0 atom stereocenters. The van der Waals surface area contributed by atoms with E-state index in [9.17, 15) is 0 Å². The zero-order chi connectivity index (χ0) is 6.27. The molecule has 1 saturated carbocycles. The van der Waals surface area contributed by atoms with Crippen molar-refractivity contribution < 1.29 is 0 Å².